The summed E-state index contributed by atoms with van der Waals surface area (Å²) in [6.45, 7) is 4.15. The molecule has 1 aliphatic rings. The van der Waals surface area contributed by atoms with Crippen molar-refractivity contribution in [3.8, 4) is 11.3 Å². The van der Waals surface area contributed by atoms with E-state index in [1.54, 1.807) is 16.6 Å². The Morgan fingerprint density at radius 3 is 2.81 bits per heavy atom. The van der Waals surface area contributed by atoms with Gasteiger partial charge in [0.25, 0.3) is 0 Å². The molecule has 0 spiro atoms. The first-order valence-corrected chi connectivity index (χ1v) is 11.6. The predicted octanol–water partition coefficient (Wildman–Crippen LogP) is 4.44. The van der Waals surface area contributed by atoms with Crippen LogP contribution in [0.4, 0.5) is 9.52 Å². The van der Waals surface area contributed by atoms with E-state index >= 15 is 0 Å². The lowest BCUT2D eigenvalue weighted by Gasteiger charge is -2.31. The second-order valence-electron chi connectivity index (χ2n) is 8.17. The summed E-state index contributed by atoms with van der Waals surface area (Å²) in [6, 6.07) is 14.4. The van der Waals surface area contributed by atoms with Gasteiger partial charge >= 0.3 is 0 Å². The number of carbonyl (C=O) groups excluding carboxylic acids is 1. The Morgan fingerprint density at radius 1 is 1.22 bits per heavy atom. The number of carbonyl (C=O) groups is 1. The number of rotatable bonds is 5. The minimum atomic E-state index is -0.266. The van der Waals surface area contributed by atoms with Gasteiger partial charge in [0, 0.05) is 25.2 Å². The van der Waals surface area contributed by atoms with Gasteiger partial charge in [0.05, 0.1) is 17.8 Å². The summed E-state index contributed by atoms with van der Waals surface area (Å²) in [5.41, 5.74) is 3.95. The van der Waals surface area contributed by atoms with Crippen molar-refractivity contribution in [1.82, 2.24) is 19.9 Å². The number of aromatic nitrogens is 3. The SMILES string of the molecule is Cc1ccccc1CNC(=O)[C@H]1CCCN(c2nn3cc(-c4ccc(F)cc4)nc3s2)C1. The molecule has 2 aromatic heterocycles. The molecule has 5 rings (SSSR count). The highest BCUT2D eigenvalue weighted by Gasteiger charge is 2.28. The van der Waals surface area contributed by atoms with Gasteiger partial charge in [0.2, 0.25) is 16.0 Å². The van der Waals surface area contributed by atoms with Crippen molar-refractivity contribution < 1.29 is 9.18 Å². The van der Waals surface area contributed by atoms with E-state index in [0.29, 0.717) is 13.1 Å². The quantitative estimate of drug-likeness (QED) is 0.489. The molecule has 1 amide bonds. The van der Waals surface area contributed by atoms with Crippen LogP contribution in [0.3, 0.4) is 0 Å². The van der Waals surface area contributed by atoms with Crippen LogP contribution in [0.15, 0.2) is 54.7 Å². The van der Waals surface area contributed by atoms with Gasteiger partial charge in [0.15, 0.2) is 0 Å². The van der Waals surface area contributed by atoms with Crippen LogP contribution >= 0.6 is 11.3 Å². The third-order valence-electron chi connectivity index (χ3n) is 5.95. The molecule has 32 heavy (non-hydrogen) atoms. The molecule has 164 valence electrons. The maximum absolute atomic E-state index is 13.2. The fraction of sp³-hybridized carbons (Fsp3) is 0.292. The van der Waals surface area contributed by atoms with Crippen molar-refractivity contribution in [2.24, 2.45) is 5.92 Å². The summed E-state index contributed by atoms with van der Waals surface area (Å²) in [5, 5.41) is 8.67. The number of benzene rings is 2. The minimum Gasteiger partial charge on any atom is -0.352 e. The predicted molar refractivity (Wildman–Crippen MR) is 124 cm³/mol. The molecule has 4 aromatic rings. The fourth-order valence-corrected chi connectivity index (χ4v) is 5.00. The number of imidazole rings is 1. The monoisotopic (exact) mass is 449 g/mol. The zero-order valence-corrected chi connectivity index (χ0v) is 18.6. The molecule has 1 atom stereocenters. The highest BCUT2D eigenvalue weighted by Crippen LogP contribution is 2.30. The zero-order valence-electron chi connectivity index (χ0n) is 17.8. The first kappa shape index (κ1) is 20.6. The number of piperidine rings is 1. The Morgan fingerprint density at radius 2 is 2.03 bits per heavy atom. The number of hydrogen-bond acceptors (Lipinski definition) is 5. The number of nitrogens with one attached hydrogen (secondary N) is 1. The molecule has 1 N–H and O–H groups in total. The Kier molecular flexibility index (Phi) is 5.61. The van der Waals surface area contributed by atoms with Crippen LogP contribution in [0.1, 0.15) is 24.0 Å². The van der Waals surface area contributed by atoms with Gasteiger partial charge in [-0.3, -0.25) is 4.79 Å². The van der Waals surface area contributed by atoms with Crippen molar-refractivity contribution in [1.29, 1.82) is 0 Å². The van der Waals surface area contributed by atoms with Gasteiger partial charge in [-0.25, -0.2) is 13.9 Å². The second kappa shape index (κ2) is 8.70. The average molecular weight is 450 g/mol. The van der Waals surface area contributed by atoms with E-state index in [1.807, 2.05) is 24.4 Å². The molecule has 0 aliphatic carbocycles. The van der Waals surface area contributed by atoms with Crippen LogP contribution in [0.2, 0.25) is 0 Å². The Hall–Kier alpha value is -3.26. The van der Waals surface area contributed by atoms with E-state index in [9.17, 15) is 9.18 Å². The maximum atomic E-state index is 13.2. The van der Waals surface area contributed by atoms with E-state index in [2.05, 4.69) is 28.2 Å². The number of hydrogen-bond donors (Lipinski definition) is 1. The molecule has 0 unspecified atom stereocenters. The minimum absolute atomic E-state index is 0.0567. The molecule has 0 bridgehead atoms. The Balaban J connectivity index is 1.25. The van der Waals surface area contributed by atoms with Crippen molar-refractivity contribution in [3.63, 3.8) is 0 Å². The standard InChI is InChI=1S/C24H24FN5OS/c1-16-5-2-3-6-18(16)13-26-22(31)19-7-4-12-29(14-19)24-28-30-15-21(27-23(30)32-24)17-8-10-20(25)11-9-17/h2-3,5-6,8-11,15,19H,4,7,12-14H2,1H3,(H,26,31)/t19-/m0/s1. The van der Waals surface area contributed by atoms with Crippen LogP contribution < -0.4 is 10.2 Å². The maximum Gasteiger partial charge on any atom is 0.225 e. The molecule has 0 saturated carbocycles. The summed E-state index contributed by atoms with van der Waals surface area (Å²) < 4.78 is 14.9. The van der Waals surface area contributed by atoms with Crippen LogP contribution in [-0.2, 0) is 11.3 Å². The Labute approximate surface area is 189 Å². The lowest BCUT2D eigenvalue weighted by atomic mass is 9.97. The number of aryl methyl sites for hydroxylation is 1. The lowest BCUT2D eigenvalue weighted by Crippen LogP contribution is -2.43. The second-order valence-corrected chi connectivity index (χ2v) is 9.11. The number of fused-ring (bicyclic) bond motifs is 1. The van der Waals surface area contributed by atoms with E-state index in [1.165, 1.54) is 29.0 Å². The van der Waals surface area contributed by atoms with Gasteiger partial charge in [-0.05, 0) is 55.2 Å². The van der Waals surface area contributed by atoms with E-state index in [-0.39, 0.29) is 17.6 Å². The normalized spacial score (nSPS) is 16.4. The highest BCUT2D eigenvalue weighted by atomic mass is 32.1. The van der Waals surface area contributed by atoms with Gasteiger partial charge in [0.1, 0.15) is 5.82 Å². The van der Waals surface area contributed by atoms with Crippen molar-refractivity contribution >= 4 is 27.3 Å². The molecular formula is C24H24FN5OS. The Bertz CT molecular complexity index is 1220. The number of nitrogens with zero attached hydrogens (tertiary/aromatic N) is 4. The lowest BCUT2D eigenvalue weighted by molar-refractivity contribution is -0.125. The van der Waals surface area contributed by atoms with E-state index in [4.69, 9.17) is 5.10 Å². The first-order valence-electron chi connectivity index (χ1n) is 10.8. The van der Waals surface area contributed by atoms with Gasteiger partial charge in [-0.15, -0.1) is 5.10 Å². The molecule has 0 radical (unpaired) electrons. The molecular weight excluding hydrogens is 425 g/mol. The van der Waals surface area contributed by atoms with Crippen LogP contribution in [0.25, 0.3) is 16.2 Å². The van der Waals surface area contributed by atoms with E-state index < -0.39 is 0 Å². The van der Waals surface area contributed by atoms with Gasteiger partial charge in [-0.1, -0.05) is 35.6 Å². The molecule has 1 aliphatic heterocycles. The molecule has 2 aromatic carbocycles. The summed E-state index contributed by atoms with van der Waals surface area (Å²) in [5.74, 6) is -0.227. The van der Waals surface area contributed by atoms with Crippen LogP contribution in [-0.4, -0.2) is 33.6 Å². The zero-order chi connectivity index (χ0) is 22.1. The van der Waals surface area contributed by atoms with Gasteiger partial charge in [-0.2, -0.15) is 0 Å². The molecule has 1 fully saturated rings. The fourth-order valence-electron chi connectivity index (χ4n) is 4.08. The largest absolute Gasteiger partial charge is 0.352 e. The molecule has 3 heterocycles. The van der Waals surface area contributed by atoms with Gasteiger partial charge < -0.3 is 10.2 Å². The highest BCUT2D eigenvalue weighted by molar-refractivity contribution is 7.20. The van der Waals surface area contributed by atoms with Crippen molar-refractivity contribution in [3.05, 3.63) is 71.7 Å². The molecule has 8 heteroatoms. The smallest absolute Gasteiger partial charge is 0.225 e. The van der Waals surface area contributed by atoms with Crippen LogP contribution in [0, 0.1) is 18.7 Å². The number of amides is 1. The average Bonchev–Trinajstić information content (AvgIpc) is 3.39. The van der Waals surface area contributed by atoms with Crippen molar-refractivity contribution in [2.75, 3.05) is 18.0 Å². The summed E-state index contributed by atoms with van der Waals surface area (Å²) in [7, 11) is 0. The van der Waals surface area contributed by atoms with Crippen molar-refractivity contribution in [2.45, 2.75) is 26.3 Å². The third-order valence-corrected chi connectivity index (χ3v) is 6.93. The summed E-state index contributed by atoms with van der Waals surface area (Å²) >= 11 is 1.51. The molecule has 6 nitrogen and oxygen atoms in total. The number of halogens is 1. The molecule has 1 saturated heterocycles. The summed E-state index contributed by atoms with van der Waals surface area (Å²) in [4.78, 5) is 20.4. The topological polar surface area (TPSA) is 62.5 Å². The summed E-state index contributed by atoms with van der Waals surface area (Å²) in [6.07, 6.45) is 3.69. The van der Waals surface area contributed by atoms with E-state index in [0.717, 1.165) is 46.3 Å². The first-order chi connectivity index (χ1) is 15.6. The third kappa shape index (κ3) is 4.23. The van der Waals surface area contributed by atoms with Crippen LogP contribution in [0.5, 0.6) is 0 Å². The number of anilines is 1.